The zero-order chi connectivity index (χ0) is 15.6. The minimum absolute atomic E-state index is 0.0897. The third kappa shape index (κ3) is 3.20. The van der Waals surface area contributed by atoms with Gasteiger partial charge >= 0.3 is 0 Å². The van der Waals surface area contributed by atoms with E-state index in [1.807, 2.05) is 13.8 Å². The van der Waals surface area contributed by atoms with Crippen LogP contribution >= 0.6 is 23.2 Å². The first kappa shape index (κ1) is 15.4. The molecule has 2 rings (SSSR count). The first-order valence-corrected chi connectivity index (χ1v) is 6.77. The van der Waals surface area contributed by atoms with Gasteiger partial charge in [0.1, 0.15) is 10.8 Å². The highest BCUT2D eigenvalue weighted by Gasteiger charge is 2.17. The van der Waals surface area contributed by atoms with Crippen molar-refractivity contribution in [3.8, 4) is 11.6 Å². The van der Waals surface area contributed by atoms with Crippen LogP contribution in [0.5, 0.6) is 11.6 Å². The van der Waals surface area contributed by atoms with Crippen LogP contribution in [-0.4, -0.2) is 16.0 Å². The number of aromatic nitrogens is 1. The predicted molar refractivity (Wildman–Crippen MR) is 82.8 cm³/mol. The van der Waals surface area contributed by atoms with Gasteiger partial charge in [0.2, 0.25) is 5.88 Å². The van der Waals surface area contributed by atoms with Crippen molar-refractivity contribution in [2.45, 2.75) is 13.8 Å². The van der Waals surface area contributed by atoms with Gasteiger partial charge in [0, 0.05) is 5.69 Å². The quantitative estimate of drug-likeness (QED) is 0.388. The van der Waals surface area contributed by atoms with E-state index < -0.39 is 0 Å². The van der Waals surface area contributed by atoms with Gasteiger partial charge in [-0.1, -0.05) is 34.4 Å². The van der Waals surface area contributed by atoms with Crippen LogP contribution in [0.1, 0.15) is 16.8 Å². The molecule has 0 bridgehead atoms. The Balaban J connectivity index is 2.56. The van der Waals surface area contributed by atoms with E-state index in [1.165, 1.54) is 0 Å². The maximum Gasteiger partial charge on any atom is 0.230 e. The van der Waals surface area contributed by atoms with Gasteiger partial charge in [-0.3, -0.25) is 0 Å². The first-order chi connectivity index (χ1) is 9.93. The predicted octanol–water partition coefficient (Wildman–Crippen LogP) is 3.89. The fourth-order valence-corrected chi connectivity index (χ4v) is 2.24. The van der Waals surface area contributed by atoms with Crippen molar-refractivity contribution < 1.29 is 9.94 Å². The molecule has 7 heteroatoms. The lowest BCUT2D eigenvalue weighted by Gasteiger charge is -2.13. The van der Waals surface area contributed by atoms with Crippen LogP contribution in [0.25, 0.3) is 0 Å². The number of benzene rings is 1. The second-order valence-electron chi connectivity index (χ2n) is 4.40. The van der Waals surface area contributed by atoms with E-state index in [-0.39, 0.29) is 16.7 Å². The molecule has 0 radical (unpaired) electrons. The normalized spacial score (nSPS) is 11.5. The maximum absolute atomic E-state index is 8.90. The number of oxime groups is 1. The molecular formula is C14H13Cl2N3O2. The molecule has 21 heavy (non-hydrogen) atoms. The Labute approximate surface area is 132 Å². The smallest absolute Gasteiger partial charge is 0.230 e. The molecule has 0 spiro atoms. The van der Waals surface area contributed by atoms with Crippen LogP contribution in [0.15, 0.2) is 29.4 Å². The molecular weight excluding hydrogens is 313 g/mol. The van der Waals surface area contributed by atoms with Gasteiger partial charge < -0.3 is 15.7 Å². The lowest BCUT2D eigenvalue weighted by atomic mass is 10.1. The van der Waals surface area contributed by atoms with Crippen LogP contribution in [-0.2, 0) is 0 Å². The summed E-state index contributed by atoms with van der Waals surface area (Å²) in [4.78, 5) is 4.27. The molecule has 0 saturated heterocycles. The molecule has 110 valence electrons. The van der Waals surface area contributed by atoms with Gasteiger partial charge in [-0.25, -0.2) is 4.98 Å². The summed E-state index contributed by atoms with van der Waals surface area (Å²) in [5.41, 5.74) is 7.59. The van der Waals surface area contributed by atoms with Crippen molar-refractivity contribution in [2.24, 2.45) is 10.9 Å². The van der Waals surface area contributed by atoms with Crippen LogP contribution in [0.4, 0.5) is 0 Å². The standard InChI is InChI=1S/C14H13Cl2N3O2/c1-7-6-8(2)18-14(11(7)13(17)19-20)21-10-5-3-4-9(15)12(10)16/h3-6,20H,1-2H3,(H2,17,19). The van der Waals surface area contributed by atoms with E-state index >= 15 is 0 Å². The van der Waals surface area contributed by atoms with Gasteiger partial charge in [0.15, 0.2) is 5.84 Å². The lowest BCUT2D eigenvalue weighted by Crippen LogP contribution is -2.17. The van der Waals surface area contributed by atoms with E-state index in [2.05, 4.69) is 10.1 Å². The summed E-state index contributed by atoms with van der Waals surface area (Å²) in [6.45, 7) is 3.63. The Morgan fingerprint density at radius 1 is 1.33 bits per heavy atom. The lowest BCUT2D eigenvalue weighted by molar-refractivity contribution is 0.318. The molecule has 0 amide bonds. The Morgan fingerprint density at radius 3 is 2.71 bits per heavy atom. The van der Waals surface area contributed by atoms with Crippen molar-refractivity contribution in [1.29, 1.82) is 0 Å². The van der Waals surface area contributed by atoms with Gasteiger partial charge in [-0.15, -0.1) is 0 Å². The molecule has 1 aromatic heterocycles. The number of amidine groups is 1. The highest BCUT2D eigenvalue weighted by Crippen LogP contribution is 2.35. The molecule has 0 fully saturated rings. The summed E-state index contributed by atoms with van der Waals surface area (Å²) in [5, 5.41) is 12.5. The van der Waals surface area contributed by atoms with Crippen LogP contribution in [0.3, 0.4) is 0 Å². The number of hydrogen-bond donors (Lipinski definition) is 2. The highest BCUT2D eigenvalue weighted by atomic mass is 35.5. The van der Waals surface area contributed by atoms with E-state index in [1.54, 1.807) is 24.3 Å². The van der Waals surface area contributed by atoms with Crippen molar-refractivity contribution in [3.63, 3.8) is 0 Å². The second-order valence-corrected chi connectivity index (χ2v) is 5.19. The Kier molecular flexibility index (Phi) is 4.55. The molecule has 0 saturated carbocycles. The van der Waals surface area contributed by atoms with Crippen LogP contribution in [0.2, 0.25) is 10.0 Å². The van der Waals surface area contributed by atoms with Gasteiger partial charge in [0.05, 0.1) is 10.6 Å². The summed E-state index contributed by atoms with van der Waals surface area (Å²) in [6, 6.07) is 6.81. The minimum Gasteiger partial charge on any atom is -0.437 e. The van der Waals surface area contributed by atoms with Gasteiger partial charge in [-0.05, 0) is 37.6 Å². The fourth-order valence-electron chi connectivity index (χ4n) is 1.90. The molecule has 0 unspecified atom stereocenters. The average Bonchev–Trinajstić information content (AvgIpc) is 2.42. The first-order valence-electron chi connectivity index (χ1n) is 6.02. The molecule has 1 heterocycles. The Bertz CT molecular complexity index is 718. The zero-order valence-electron chi connectivity index (χ0n) is 11.4. The summed E-state index contributed by atoms with van der Waals surface area (Å²) in [5.74, 6) is 0.453. The molecule has 2 aromatic rings. The van der Waals surface area contributed by atoms with Crippen LogP contribution < -0.4 is 10.5 Å². The topological polar surface area (TPSA) is 80.7 Å². The highest BCUT2D eigenvalue weighted by molar-refractivity contribution is 6.42. The van der Waals surface area contributed by atoms with Crippen molar-refractivity contribution >= 4 is 29.0 Å². The number of nitrogens with two attached hydrogens (primary N) is 1. The SMILES string of the molecule is Cc1cc(C)c(C(N)=NO)c(Oc2cccc(Cl)c2Cl)n1. The minimum atomic E-state index is -0.0897. The van der Waals surface area contributed by atoms with Crippen molar-refractivity contribution in [1.82, 2.24) is 4.98 Å². The number of aryl methyl sites for hydroxylation is 2. The molecule has 0 aliphatic carbocycles. The zero-order valence-corrected chi connectivity index (χ0v) is 12.9. The number of nitrogens with zero attached hydrogens (tertiary/aromatic N) is 2. The third-order valence-corrected chi connectivity index (χ3v) is 3.60. The summed E-state index contributed by atoms with van der Waals surface area (Å²) < 4.78 is 5.71. The van der Waals surface area contributed by atoms with Crippen molar-refractivity contribution in [2.75, 3.05) is 0 Å². The van der Waals surface area contributed by atoms with Crippen molar-refractivity contribution in [3.05, 3.63) is 51.1 Å². The summed E-state index contributed by atoms with van der Waals surface area (Å²) >= 11 is 12.0. The summed E-state index contributed by atoms with van der Waals surface area (Å²) in [7, 11) is 0. The number of ether oxygens (including phenoxy) is 1. The number of halogens is 2. The fraction of sp³-hybridized carbons (Fsp3) is 0.143. The Morgan fingerprint density at radius 2 is 2.05 bits per heavy atom. The second kappa shape index (κ2) is 6.20. The Hall–Kier alpha value is -1.98. The largest absolute Gasteiger partial charge is 0.437 e. The molecule has 5 nitrogen and oxygen atoms in total. The van der Waals surface area contributed by atoms with Gasteiger partial charge in [-0.2, -0.15) is 0 Å². The monoisotopic (exact) mass is 325 g/mol. The van der Waals surface area contributed by atoms with E-state index in [0.29, 0.717) is 16.3 Å². The van der Waals surface area contributed by atoms with Gasteiger partial charge in [0.25, 0.3) is 0 Å². The molecule has 0 atom stereocenters. The molecule has 1 aromatic carbocycles. The van der Waals surface area contributed by atoms with E-state index in [0.717, 1.165) is 11.3 Å². The van der Waals surface area contributed by atoms with Crippen LogP contribution in [0, 0.1) is 13.8 Å². The third-order valence-electron chi connectivity index (χ3n) is 2.80. The number of rotatable bonds is 3. The molecule has 0 aliphatic rings. The average molecular weight is 326 g/mol. The molecule has 0 aliphatic heterocycles. The maximum atomic E-state index is 8.90. The molecule has 3 N–H and O–H groups in total. The summed E-state index contributed by atoms with van der Waals surface area (Å²) in [6.07, 6.45) is 0. The number of pyridine rings is 1. The van der Waals surface area contributed by atoms with E-state index in [4.69, 9.17) is 38.9 Å². The number of hydrogen-bond acceptors (Lipinski definition) is 4. The van der Waals surface area contributed by atoms with E-state index in [9.17, 15) is 0 Å².